The summed E-state index contributed by atoms with van der Waals surface area (Å²) >= 11 is 1.90. The first-order valence-electron chi connectivity index (χ1n) is 17.5. The first-order chi connectivity index (χ1) is 25.3. The second-order valence-electron chi connectivity index (χ2n) is 13.2. The van der Waals surface area contributed by atoms with E-state index in [0.717, 1.165) is 17.1 Å². The quantitative estimate of drug-likeness (QED) is 0.171. The second-order valence-corrected chi connectivity index (χ2v) is 14.3. The number of rotatable bonds is 6. The van der Waals surface area contributed by atoms with Crippen molar-refractivity contribution in [3.8, 4) is 22.3 Å². The van der Waals surface area contributed by atoms with Crippen LogP contribution in [0.5, 0.6) is 0 Å². The van der Waals surface area contributed by atoms with E-state index in [4.69, 9.17) is 0 Å². The summed E-state index contributed by atoms with van der Waals surface area (Å²) < 4.78 is 2.58. The molecule has 9 aromatic rings. The normalized spacial score (nSPS) is 12.9. The lowest BCUT2D eigenvalue weighted by molar-refractivity contribution is 0.770. The Morgan fingerprint density at radius 2 is 0.922 bits per heavy atom. The van der Waals surface area contributed by atoms with Crippen molar-refractivity contribution in [1.82, 2.24) is 0 Å². The van der Waals surface area contributed by atoms with Gasteiger partial charge in [0.1, 0.15) is 0 Å². The van der Waals surface area contributed by atoms with Crippen molar-refractivity contribution in [2.24, 2.45) is 0 Å². The van der Waals surface area contributed by atoms with E-state index in [-0.39, 0.29) is 0 Å². The maximum atomic E-state index is 2.52. The van der Waals surface area contributed by atoms with Crippen LogP contribution in [0.3, 0.4) is 0 Å². The Kier molecular flexibility index (Phi) is 6.97. The molecule has 0 radical (unpaired) electrons. The monoisotopic (exact) mass is 667 g/mol. The summed E-state index contributed by atoms with van der Waals surface area (Å²) in [7, 11) is 0. The molecule has 0 spiro atoms. The number of hydrogen-bond acceptors (Lipinski definition) is 2. The number of hydrogen-bond donors (Lipinski definition) is 0. The molecule has 0 amide bonds. The van der Waals surface area contributed by atoms with Crippen molar-refractivity contribution >= 4 is 48.6 Å². The third-order valence-electron chi connectivity index (χ3n) is 10.5. The molecular formula is C49H33NS. The molecular weight excluding hydrogens is 635 g/mol. The van der Waals surface area contributed by atoms with Crippen LogP contribution < -0.4 is 4.90 Å². The third-order valence-corrected chi connectivity index (χ3v) is 11.6. The number of benzene rings is 8. The Morgan fingerprint density at radius 1 is 0.392 bits per heavy atom. The molecule has 1 heterocycles. The van der Waals surface area contributed by atoms with Gasteiger partial charge in [-0.2, -0.15) is 0 Å². The molecule has 1 aliphatic carbocycles. The van der Waals surface area contributed by atoms with Crippen LogP contribution in [0.1, 0.15) is 22.3 Å². The average molecular weight is 668 g/mol. The summed E-state index contributed by atoms with van der Waals surface area (Å²) in [6.07, 6.45) is 0. The highest BCUT2D eigenvalue weighted by molar-refractivity contribution is 7.26. The zero-order valence-electron chi connectivity index (χ0n) is 27.9. The van der Waals surface area contributed by atoms with E-state index in [0.29, 0.717) is 0 Å². The molecule has 51 heavy (non-hydrogen) atoms. The van der Waals surface area contributed by atoms with Gasteiger partial charge in [-0.1, -0.05) is 158 Å². The van der Waals surface area contributed by atoms with Gasteiger partial charge >= 0.3 is 0 Å². The van der Waals surface area contributed by atoms with Crippen molar-refractivity contribution in [1.29, 1.82) is 0 Å². The molecule has 0 fully saturated rings. The van der Waals surface area contributed by atoms with E-state index in [9.17, 15) is 0 Å². The number of para-hydroxylation sites is 2. The minimum atomic E-state index is -0.467. The molecule has 1 aliphatic rings. The standard InChI is InChI=1S/C49H33NS/c1-6-18-34(19-7-1)46-47-40-28-16-17-29-42(40)49(35-20-8-2-9-21-35,36-22-10-3-11-23-36)43(47)33-45-48(46)41-31-30-39(32-44(41)51-45)50(37-24-12-4-13-25-37)38-26-14-5-15-27-38/h1-33H. The Hall–Kier alpha value is -6.22. The first kappa shape index (κ1) is 29.7. The van der Waals surface area contributed by atoms with Gasteiger partial charge < -0.3 is 4.90 Å². The Balaban J connectivity index is 1.32. The fraction of sp³-hybridized carbons (Fsp3) is 0.0204. The van der Waals surface area contributed by atoms with Gasteiger partial charge in [0.05, 0.1) is 5.41 Å². The molecule has 0 saturated carbocycles. The molecule has 240 valence electrons. The lowest BCUT2D eigenvalue weighted by atomic mass is 9.67. The van der Waals surface area contributed by atoms with Gasteiger partial charge in [-0.05, 0) is 87.0 Å². The van der Waals surface area contributed by atoms with Crippen LogP contribution in [0.2, 0.25) is 0 Å². The van der Waals surface area contributed by atoms with Crippen molar-refractivity contribution in [3.63, 3.8) is 0 Å². The maximum absolute atomic E-state index is 2.52. The van der Waals surface area contributed by atoms with Crippen LogP contribution in [0.25, 0.3) is 42.4 Å². The van der Waals surface area contributed by atoms with E-state index < -0.39 is 5.41 Å². The minimum absolute atomic E-state index is 0.467. The van der Waals surface area contributed by atoms with Crippen molar-refractivity contribution in [2.75, 3.05) is 4.90 Å². The van der Waals surface area contributed by atoms with Crippen LogP contribution in [0.4, 0.5) is 17.1 Å². The van der Waals surface area contributed by atoms with E-state index in [1.807, 2.05) is 11.3 Å². The van der Waals surface area contributed by atoms with Crippen LogP contribution in [0.15, 0.2) is 200 Å². The highest BCUT2D eigenvalue weighted by Crippen LogP contribution is 2.61. The van der Waals surface area contributed by atoms with E-state index in [1.165, 1.54) is 64.7 Å². The highest BCUT2D eigenvalue weighted by atomic mass is 32.1. The smallest absolute Gasteiger partial charge is 0.0714 e. The summed E-state index contributed by atoms with van der Waals surface area (Å²) in [5.41, 5.74) is 13.4. The Morgan fingerprint density at radius 3 is 1.53 bits per heavy atom. The van der Waals surface area contributed by atoms with Crippen molar-refractivity contribution < 1.29 is 0 Å². The zero-order valence-corrected chi connectivity index (χ0v) is 28.7. The molecule has 0 saturated heterocycles. The molecule has 1 nitrogen and oxygen atoms in total. The van der Waals surface area contributed by atoms with Gasteiger partial charge in [-0.25, -0.2) is 0 Å². The summed E-state index contributed by atoms with van der Waals surface area (Å²) in [6, 6.07) is 73.3. The molecule has 0 bridgehead atoms. The summed E-state index contributed by atoms with van der Waals surface area (Å²) in [5, 5.41) is 2.61. The van der Waals surface area contributed by atoms with Gasteiger partial charge in [-0.15, -0.1) is 11.3 Å². The molecule has 10 rings (SSSR count). The average Bonchev–Trinajstić information content (AvgIpc) is 3.72. The minimum Gasteiger partial charge on any atom is -0.310 e. The number of anilines is 3. The van der Waals surface area contributed by atoms with Gasteiger partial charge in [-0.3, -0.25) is 0 Å². The largest absolute Gasteiger partial charge is 0.310 e. The SMILES string of the molecule is c1ccc(-c2c3c(cc4sc5cc(N(c6ccccc6)c6ccccc6)ccc5c24)C(c2ccccc2)(c2ccccc2)c2ccccc2-3)cc1. The zero-order chi connectivity index (χ0) is 33.8. The van der Waals surface area contributed by atoms with Gasteiger partial charge in [0, 0.05) is 37.2 Å². The summed E-state index contributed by atoms with van der Waals surface area (Å²) in [4.78, 5) is 2.36. The van der Waals surface area contributed by atoms with E-state index in [2.05, 4.69) is 205 Å². The first-order valence-corrected chi connectivity index (χ1v) is 18.3. The molecule has 2 heteroatoms. The van der Waals surface area contributed by atoms with Crippen molar-refractivity contribution in [2.45, 2.75) is 5.41 Å². The van der Waals surface area contributed by atoms with Gasteiger partial charge in [0.2, 0.25) is 0 Å². The molecule has 1 aromatic heterocycles. The highest BCUT2D eigenvalue weighted by Gasteiger charge is 2.47. The molecule has 0 aliphatic heterocycles. The Labute approximate surface area is 302 Å². The fourth-order valence-electron chi connectivity index (χ4n) is 8.47. The maximum Gasteiger partial charge on any atom is 0.0714 e. The van der Waals surface area contributed by atoms with Crippen LogP contribution in [0, 0.1) is 0 Å². The summed E-state index contributed by atoms with van der Waals surface area (Å²) in [5.74, 6) is 0. The van der Waals surface area contributed by atoms with Gasteiger partial charge in [0.25, 0.3) is 0 Å². The lowest BCUT2D eigenvalue weighted by Gasteiger charge is -2.34. The Bertz CT molecular complexity index is 2580. The van der Waals surface area contributed by atoms with Crippen molar-refractivity contribution in [3.05, 3.63) is 222 Å². The van der Waals surface area contributed by atoms with E-state index in [1.54, 1.807) is 0 Å². The molecule has 8 aromatic carbocycles. The molecule has 0 atom stereocenters. The second kappa shape index (κ2) is 12.0. The third kappa shape index (κ3) is 4.54. The van der Waals surface area contributed by atoms with Crippen LogP contribution in [-0.2, 0) is 5.41 Å². The molecule has 0 N–H and O–H groups in total. The predicted octanol–water partition coefficient (Wildman–Crippen LogP) is 13.6. The number of nitrogens with zero attached hydrogens (tertiary/aromatic N) is 1. The van der Waals surface area contributed by atoms with E-state index >= 15 is 0 Å². The molecule has 0 unspecified atom stereocenters. The topological polar surface area (TPSA) is 3.24 Å². The van der Waals surface area contributed by atoms with Crippen LogP contribution >= 0.6 is 11.3 Å². The lowest BCUT2D eigenvalue weighted by Crippen LogP contribution is -2.28. The summed E-state index contributed by atoms with van der Waals surface area (Å²) in [6.45, 7) is 0. The number of fused-ring (bicyclic) bond motifs is 6. The van der Waals surface area contributed by atoms with Crippen LogP contribution in [-0.4, -0.2) is 0 Å². The fourth-order valence-corrected chi connectivity index (χ4v) is 9.66. The van der Waals surface area contributed by atoms with Gasteiger partial charge in [0.15, 0.2) is 0 Å². The predicted molar refractivity (Wildman–Crippen MR) is 217 cm³/mol. The number of thiophene rings is 1.